The summed E-state index contributed by atoms with van der Waals surface area (Å²) in [6.45, 7) is 4.50. The van der Waals surface area contributed by atoms with Gasteiger partial charge in [-0.2, -0.15) is 0 Å². The molecule has 1 atom stereocenters. The van der Waals surface area contributed by atoms with E-state index in [9.17, 15) is 5.11 Å². The molecule has 3 rings (SSSR count). The second kappa shape index (κ2) is 5.16. The lowest BCUT2D eigenvalue weighted by Crippen LogP contribution is -2.38. The lowest BCUT2D eigenvalue weighted by molar-refractivity contribution is 0.115. The van der Waals surface area contributed by atoms with E-state index < -0.39 is 6.10 Å². The van der Waals surface area contributed by atoms with E-state index in [0.717, 1.165) is 30.0 Å². The number of benzene rings is 1. The predicted molar refractivity (Wildman–Crippen MR) is 68.1 cm³/mol. The molecule has 2 aliphatic rings. The molecule has 18 heavy (non-hydrogen) atoms. The molecular weight excluding hydrogens is 230 g/mol. The van der Waals surface area contributed by atoms with E-state index in [1.165, 1.54) is 19.5 Å². The number of nitrogens with zero attached hydrogens (tertiary/aromatic N) is 1. The van der Waals surface area contributed by atoms with Gasteiger partial charge in [0.1, 0.15) is 13.2 Å². The Labute approximate surface area is 107 Å². The molecule has 1 saturated heterocycles. The Morgan fingerprint density at radius 2 is 1.94 bits per heavy atom. The summed E-state index contributed by atoms with van der Waals surface area (Å²) in [6, 6.07) is 5.71. The van der Waals surface area contributed by atoms with Crippen LogP contribution in [0.25, 0.3) is 0 Å². The van der Waals surface area contributed by atoms with Crippen molar-refractivity contribution in [3.8, 4) is 11.5 Å². The number of aliphatic hydroxyl groups excluding tert-OH is 1. The molecule has 1 fully saturated rings. The Bertz CT molecular complexity index is 418. The van der Waals surface area contributed by atoms with Crippen LogP contribution in [-0.4, -0.2) is 42.9 Å². The first-order chi connectivity index (χ1) is 8.83. The van der Waals surface area contributed by atoms with E-state index in [2.05, 4.69) is 4.90 Å². The third-order valence-corrected chi connectivity index (χ3v) is 3.62. The molecule has 2 aliphatic heterocycles. The maximum Gasteiger partial charge on any atom is 0.161 e. The minimum atomic E-state index is -0.415. The van der Waals surface area contributed by atoms with Gasteiger partial charge < -0.3 is 19.5 Å². The van der Waals surface area contributed by atoms with Crippen molar-refractivity contribution < 1.29 is 14.6 Å². The summed E-state index contributed by atoms with van der Waals surface area (Å²) in [7, 11) is 0. The van der Waals surface area contributed by atoms with Crippen LogP contribution in [0.2, 0.25) is 0 Å². The molecule has 0 aliphatic carbocycles. The zero-order valence-corrected chi connectivity index (χ0v) is 10.5. The van der Waals surface area contributed by atoms with E-state index >= 15 is 0 Å². The Morgan fingerprint density at radius 3 is 2.67 bits per heavy atom. The number of hydrogen-bond donors (Lipinski definition) is 1. The number of likely N-dealkylation sites (tertiary alicyclic amines) is 1. The molecule has 0 bridgehead atoms. The molecule has 0 amide bonds. The van der Waals surface area contributed by atoms with Crippen LogP contribution in [0.15, 0.2) is 18.2 Å². The van der Waals surface area contributed by atoms with Gasteiger partial charge in [-0.3, -0.25) is 0 Å². The molecule has 0 saturated carbocycles. The SMILES string of the molecule is O[C@H](CCN1CCC1)c1ccc2c(c1)OCCO2. The highest BCUT2D eigenvalue weighted by Crippen LogP contribution is 2.33. The number of aliphatic hydroxyl groups is 1. The fraction of sp³-hybridized carbons (Fsp3) is 0.571. The molecule has 2 heterocycles. The first-order valence-corrected chi connectivity index (χ1v) is 6.63. The van der Waals surface area contributed by atoms with Gasteiger partial charge in [0.15, 0.2) is 11.5 Å². The van der Waals surface area contributed by atoms with Crippen LogP contribution in [0.5, 0.6) is 11.5 Å². The standard InChI is InChI=1S/C14H19NO3/c16-12(4-7-15-5-1-6-15)11-2-3-13-14(10-11)18-9-8-17-13/h2-3,10,12,16H,1,4-9H2/t12-/m1/s1. The molecule has 4 heteroatoms. The van der Waals surface area contributed by atoms with Crippen molar-refractivity contribution in [2.24, 2.45) is 0 Å². The summed E-state index contributed by atoms with van der Waals surface area (Å²) in [5.74, 6) is 1.53. The van der Waals surface area contributed by atoms with Gasteiger partial charge in [-0.05, 0) is 43.6 Å². The number of hydrogen-bond acceptors (Lipinski definition) is 4. The minimum absolute atomic E-state index is 0.415. The highest BCUT2D eigenvalue weighted by atomic mass is 16.6. The van der Waals surface area contributed by atoms with E-state index in [0.29, 0.717) is 13.2 Å². The third-order valence-electron chi connectivity index (χ3n) is 3.62. The van der Waals surface area contributed by atoms with Crippen LogP contribution in [0.4, 0.5) is 0 Å². The lowest BCUT2D eigenvalue weighted by Gasteiger charge is -2.31. The second-order valence-electron chi connectivity index (χ2n) is 4.90. The average Bonchev–Trinajstić information content (AvgIpc) is 2.36. The highest BCUT2D eigenvalue weighted by Gasteiger charge is 2.18. The summed E-state index contributed by atoms with van der Waals surface area (Å²) in [4.78, 5) is 2.36. The van der Waals surface area contributed by atoms with E-state index in [1.54, 1.807) is 0 Å². The number of rotatable bonds is 4. The van der Waals surface area contributed by atoms with E-state index in [1.807, 2.05) is 18.2 Å². The fourth-order valence-electron chi connectivity index (χ4n) is 2.34. The number of ether oxygens (including phenoxy) is 2. The Kier molecular flexibility index (Phi) is 3.39. The van der Waals surface area contributed by atoms with Crippen LogP contribution < -0.4 is 9.47 Å². The monoisotopic (exact) mass is 249 g/mol. The first kappa shape index (κ1) is 11.8. The van der Waals surface area contributed by atoms with Gasteiger partial charge in [0.2, 0.25) is 0 Å². The summed E-state index contributed by atoms with van der Waals surface area (Å²) in [5.41, 5.74) is 0.916. The van der Waals surface area contributed by atoms with Crippen molar-refractivity contribution in [3.05, 3.63) is 23.8 Å². The Hall–Kier alpha value is -1.26. The largest absolute Gasteiger partial charge is 0.486 e. The molecule has 0 unspecified atom stereocenters. The van der Waals surface area contributed by atoms with Crippen LogP contribution in [0.3, 0.4) is 0 Å². The number of fused-ring (bicyclic) bond motifs is 1. The van der Waals surface area contributed by atoms with Gasteiger partial charge in [-0.25, -0.2) is 0 Å². The van der Waals surface area contributed by atoms with Gasteiger partial charge in [-0.15, -0.1) is 0 Å². The maximum atomic E-state index is 10.2. The lowest BCUT2D eigenvalue weighted by atomic mass is 10.0. The predicted octanol–water partition coefficient (Wildman–Crippen LogP) is 1.59. The molecule has 1 aromatic carbocycles. The second-order valence-corrected chi connectivity index (χ2v) is 4.90. The summed E-state index contributed by atoms with van der Waals surface area (Å²) in [5, 5.41) is 10.2. The first-order valence-electron chi connectivity index (χ1n) is 6.63. The molecule has 0 spiro atoms. The van der Waals surface area contributed by atoms with Crippen LogP contribution >= 0.6 is 0 Å². The average molecular weight is 249 g/mol. The van der Waals surface area contributed by atoms with Gasteiger partial charge >= 0.3 is 0 Å². The van der Waals surface area contributed by atoms with Gasteiger partial charge in [0, 0.05) is 6.54 Å². The summed E-state index contributed by atoms with van der Waals surface area (Å²) < 4.78 is 11.0. The highest BCUT2D eigenvalue weighted by molar-refractivity contribution is 5.44. The van der Waals surface area contributed by atoms with Gasteiger partial charge in [-0.1, -0.05) is 6.07 Å². The van der Waals surface area contributed by atoms with E-state index in [-0.39, 0.29) is 0 Å². The minimum Gasteiger partial charge on any atom is -0.486 e. The maximum absolute atomic E-state index is 10.2. The zero-order chi connectivity index (χ0) is 12.4. The van der Waals surface area contributed by atoms with Crippen molar-refractivity contribution >= 4 is 0 Å². The van der Waals surface area contributed by atoms with Crippen molar-refractivity contribution in [3.63, 3.8) is 0 Å². The van der Waals surface area contributed by atoms with Crippen molar-refractivity contribution in [1.82, 2.24) is 4.90 Å². The van der Waals surface area contributed by atoms with Crippen LogP contribution in [0.1, 0.15) is 24.5 Å². The molecule has 1 N–H and O–H groups in total. The van der Waals surface area contributed by atoms with Gasteiger partial charge in [0.25, 0.3) is 0 Å². The normalized spacial score (nSPS) is 20.3. The Morgan fingerprint density at radius 1 is 1.17 bits per heavy atom. The summed E-state index contributed by atoms with van der Waals surface area (Å²) in [6.07, 6.45) is 1.65. The van der Waals surface area contributed by atoms with Crippen LogP contribution in [0, 0.1) is 0 Å². The van der Waals surface area contributed by atoms with E-state index in [4.69, 9.17) is 9.47 Å². The molecule has 1 aromatic rings. The molecule has 0 aromatic heterocycles. The summed E-state index contributed by atoms with van der Waals surface area (Å²) >= 11 is 0. The van der Waals surface area contributed by atoms with Gasteiger partial charge in [0.05, 0.1) is 6.10 Å². The molecule has 4 nitrogen and oxygen atoms in total. The third kappa shape index (κ3) is 2.44. The molecular formula is C14H19NO3. The van der Waals surface area contributed by atoms with Crippen LogP contribution in [-0.2, 0) is 0 Å². The van der Waals surface area contributed by atoms with Crippen molar-refractivity contribution in [2.75, 3.05) is 32.8 Å². The fourth-order valence-corrected chi connectivity index (χ4v) is 2.34. The quantitative estimate of drug-likeness (QED) is 0.880. The topological polar surface area (TPSA) is 41.9 Å². The van der Waals surface area contributed by atoms with Crippen molar-refractivity contribution in [1.29, 1.82) is 0 Å². The molecule has 98 valence electrons. The molecule has 0 radical (unpaired) electrons. The zero-order valence-electron chi connectivity index (χ0n) is 10.5. The van der Waals surface area contributed by atoms with Crippen molar-refractivity contribution in [2.45, 2.75) is 18.9 Å². The smallest absolute Gasteiger partial charge is 0.161 e. The Balaban J connectivity index is 1.63.